The number of nitrogens with two attached hydrogens (primary N) is 1. The molecule has 90 valence electrons. The van der Waals surface area contributed by atoms with Crippen LogP contribution in [0.3, 0.4) is 0 Å². The van der Waals surface area contributed by atoms with Gasteiger partial charge in [-0.05, 0) is 25.5 Å². The molecule has 1 aromatic carbocycles. The lowest BCUT2D eigenvalue weighted by molar-refractivity contribution is 0.303. The molecule has 0 atom stereocenters. The normalized spacial score (nSPS) is 10.5. The minimum Gasteiger partial charge on any atom is -0.486 e. The lowest BCUT2D eigenvalue weighted by atomic mass is 10.1. The maximum absolute atomic E-state index is 5.74. The van der Waals surface area contributed by atoms with Crippen molar-refractivity contribution in [2.24, 2.45) is 5.73 Å². The second-order valence-electron chi connectivity index (χ2n) is 3.98. The molecule has 0 spiro atoms. The highest BCUT2D eigenvalue weighted by atomic mass is 32.1. The first kappa shape index (κ1) is 12.1. The van der Waals surface area contributed by atoms with Gasteiger partial charge in [-0.15, -0.1) is 11.3 Å². The highest BCUT2D eigenvalue weighted by Crippen LogP contribution is 2.21. The molecule has 0 aliphatic heterocycles. The topological polar surface area (TPSA) is 48.1 Å². The Balaban J connectivity index is 2.02. The van der Waals surface area contributed by atoms with Gasteiger partial charge < -0.3 is 10.5 Å². The summed E-state index contributed by atoms with van der Waals surface area (Å²) in [7, 11) is 0. The van der Waals surface area contributed by atoms with E-state index in [2.05, 4.69) is 31.0 Å². The van der Waals surface area contributed by atoms with Crippen molar-refractivity contribution >= 4 is 11.3 Å². The standard InChI is InChI=1S/C13H16N2OS/c1-9-3-4-12(10(2)5-9)16-8-13-15-7-11(6-14)17-13/h3-5,7H,6,8,14H2,1-2H3. The number of thiazole rings is 1. The molecule has 0 bridgehead atoms. The third kappa shape index (κ3) is 3.05. The van der Waals surface area contributed by atoms with Crippen molar-refractivity contribution < 1.29 is 4.74 Å². The summed E-state index contributed by atoms with van der Waals surface area (Å²) in [5.41, 5.74) is 7.94. The summed E-state index contributed by atoms with van der Waals surface area (Å²) in [5, 5.41) is 0.963. The summed E-state index contributed by atoms with van der Waals surface area (Å²) >= 11 is 1.60. The van der Waals surface area contributed by atoms with Crippen LogP contribution in [-0.4, -0.2) is 4.98 Å². The van der Waals surface area contributed by atoms with Gasteiger partial charge in [-0.1, -0.05) is 17.7 Å². The van der Waals surface area contributed by atoms with Crippen LogP contribution in [0.5, 0.6) is 5.75 Å². The zero-order valence-corrected chi connectivity index (χ0v) is 10.9. The predicted molar refractivity (Wildman–Crippen MR) is 70.3 cm³/mol. The van der Waals surface area contributed by atoms with Gasteiger partial charge in [0.05, 0.1) is 0 Å². The molecule has 17 heavy (non-hydrogen) atoms. The fraction of sp³-hybridized carbons (Fsp3) is 0.308. The molecule has 2 N–H and O–H groups in total. The van der Waals surface area contributed by atoms with Gasteiger partial charge in [0, 0.05) is 17.6 Å². The molecule has 2 aromatic rings. The van der Waals surface area contributed by atoms with E-state index in [0.717, 1.165) is 21.2 Å². The summed E-state index contributed by atoms with van der Waals surface area (Å²) in [5.74, 6) is 0.917. The first-order valence-corrected chi connectivity index (χ1v) is 6.34. The summed E-state index contributed by atoms with van der Waals surface area (Å²) in [6.45, 7) is 5.18. The van der Waals surface area contributed by atoms with Gasteiger partial charge >= 0.3 is 0 Å². The zero-order valence-electron chi connectivity index (χ0n) is 10.1. The molecule has 0 saturated heterocycles. The van der Waals surface area contributed by atoms with Gasteiger partial charge in [0.15, 0.2) is 0 Å². The maximum atomic E-state index is 5.74. The Morgan fingerprint density at radius 2 is 2.18 bits per heavy atom. The highest BCUT2D eigenvalue weighted by molar-refractivity contribution is 7.11. The van der Waals surface area contributed by atoms with Gasteiger partial charge in [0.1, 0.15) is 17.4 Å². The van der Waals surface area contributed by atoms with Crippen molar-refractivity contribution in [1.29, 1.82) is 0 Å². The Bertz CT molecular complexity index is 508. The largest absolute Gasteiger partial charge is 0.486 e. The number of aromatic nitrogens is 1. The van der Waals surface area contributed by atoms with Crippen LogP contribution in [0, 0.1) is 13.8 Å². The Hall–Kier alpha value is -1.39. The van der Waals surface area contributed by atoms with Crippen LogP contribution in [0.15, 0.2) is 24.4 Å². The fourth-order valence-corrected chi connectivity index (χ4v) is 2.32. The van der Waals surface area contributed by atoms with Crippen LogP contribution in [0.25, 0.3) is 0 Å². The van der Waals surface area contributed by atoms with Crippen molar-refractivity contribution in [3.05, 3.63) is 45.4 Å². The Kier molecular flexibility index (Phi) is 3.76. The fourth-order valence-electron chi connectivity index (χ4n) is 1.61. The average Bonchev–Trinajstić information content (AvgIpc) is 2.76. The predicted octanol–water partition coefficient (Wildman–Crippen LogP) is 2.80. The smallest absolute Gasteiger partial charge is 0.140 e. The van der Waals surface area contributed by atoms with Crippen molar-refractivity contribution in [3.8, 4) is 5.75 Å². The lowest BCUT2D eigenvalue weighted by Crippen LogP contribution is -1.96. The van der Waals surface area contributed by atoms with Gasteiger partial charge in [-0.3, -0.25) is 0 Å². The summed E-state index contributed by atoms with van der Waals surface area (Å²) in [6, 6.07) is 6.17. The zero-order chi connectivity index (χ0) is 12.3. The van der Waals surface area contributed by atoms with Gasteiger partial charge in [-0.25, -0.2) is 4.98 Å². The first-order chi connectivity index (χ1) is 8.19. The average molecular weight is 248 g/mol. The van der Waals surface area contributed by atoms with Crippen LogP contribution in [0.1, 0.15) is 21.0 Å². The van der Waals surface area contributed by atoms with E-state index in [9.17, 15) is 0 Å². The maximum Gasteiger partial charge on any atom is 0.140 e. The third-order valence-electron chi connectivity index (χ3n) is 2.48. The molecule has 1 aromatic heterocycles. The van der Waals surface area contributed by atoms with Crippen molar-refractivity contribution in [3.63, 3.8) is 0 Å². The SMILES string of the molecule is Cc1ccc(OCc2ncc(CN)s2)c(C)c1. The molecule has 4 heteroatoms. The number of nitrogens with zero attached hydrogens (tertiary/aromatic N) is 1. The second kappa shape index (κ2) is 5.29. The van der Waals surface area contributed by atoms with Crippen LogP contribution in [0.4, 0.5) is 0 Å². The van der Waals surface area contributed by atoms with E-state index in [1.54, 1.807) is 11.3 Å². The monoisotopic (exact) mass is 248 g/mol. The van der Waals surface area contributed by atoms with Gasteiger partial charge in [-0.2, -0.15) is 0 Å². The quantitative estimate of drug-likeness (QED) is 0.905. The van der Waals surface area contributed by atoms with E-state index in [4.69, 9.17) is 10.5 Å². The highest BCUT2D eigenvalue weighted by Gasteiger charge is 2.03. The van der Waals surface area contributed by atoms with E-state index in [1.807, 2.05) is 12.3 Å². The summed E-state index contributed by atoms with van der Waals surface area (Å²) in [6.07, 6.45) is 1.81. The molecule has 0 radical (unpaired) electrons. The number of benzene rings is 1. The lowest BCUT2D eigenvalue weighted by Gasteiger charge is -2.07. The molecule has 2 rings (SSSR count). The molecule has 0 fully saturated rings. The van der Waals surface area contributed by atoms with E-state index >= 15 is 0 Å². The minimum absolute atomic E-state index is 0.508. The Morgan fingerprint density at radius 3 is 2.82 bits per heavy atom. The Morgan fingerprint density at radius 1 is 1.35 bits per heavy atom. The van der Waals surface area contributed by atoms with E-state index in [0.29, 0.717) is 13.2 Å². The number of hydrogen-bond donors (Lipinski definition) is 1. The molecule has 0 aliphatic rings. The summed E-state index contributed by atoms with van der Waals surface area (Å²) in [4.78, 5) is 5.35. The van der Waals surface area contributed by atoms with Crippen LogP contribution in [0.2, 0.25) is 0 Å². The van der Waals surface area contributed by atoms with E-state index in [1.165, 1.54) is 5.56 Å². The minimum atomic E-state index is 0.508. The number of ether oxygens (including phenoxy) is 1. The Labute approximate surface area is 105 Å². The number of rotatable bonds is 4. The summed E-state index contributed by atoms with van der Waals surface area (Å²) < 4.78 is 5.74. The van der Waals surface area contributed by atoms with Gasteiger partial charge in [0.25, 0.3) is 0 Å². The van der Waals surface area contributed by atoms with E-state index < -0.39 is 0 Å². The van der Waals surface area contributed by atoms with Crippen molar-refractivity contribution in [2.75, 3.05) is 0 Å². The van der Waals surface area contributed by atoms with Crippen LogP contribution >= 0.6 is 11.3 Å². The van der Waals surface area contributed by atoms with E-state index in [-0.39, 0.29) is 0 Å². The molecule has 1 heterocycles. The first-order valence-electron chi connectivity index (χ1n) is 5.52. The van der Waals surface area contributed by atoms with Crippen LogP contribution in [-0.2, 0) is 13.2 Å². The number of hydrogen-bond acceptors (Lipinski definition) is 4. The molecular weight excluding hydrogens is 232 g/mol. The van der Waals surface area contributed by atoms with Crippen LogP contribution < -0.4 is 10.5 Å². The molecule has 3 nitrogen and oxygen atoms in total. The molecule has 0 aliphatic carbocycles. The second-order valence-corrected chi connectivity index (χ2v) is 5.18. The van der Waals surface area contributed by atoms with Crippen molar-refractivity contribution in [1.82, 2.24) is 4.98 Å². The third-order valence-corrected chi connectivity index (χ3v) is 3.48. The number of aryl methyl sites for hydroxylation is 2. The van der Waals surface area contributed by atoms with Gasteiger partial charge in [0.2, 0.25) is 0 Å². The molecular formula is C13H16N2OS. The van der Waals surface area contributed by atoms with Crippen molar-refractivity contribution in [2.45, 2.75) is 27.0 Å². The molecule has 0 saturated carbocycles. The molecule has 0 unspecified atom stereocenters. The molecule has 0 amide bonds.